The van der Waals surface area contributed by atoms with Crippen LogP contribution in [0.15, 0.2) is 59.7 Å². The minimum absolute atomic E-state index is 0.201. The Hall–Kier alpha value is -2.92. The number of ketones is 1. The molecule has 2 aromatic rings. The molecule has 35 heavy (non-hydrogen) atoms. The van der Waals surface area contributed by atoms with Crippen LogP contribution in [0, 0.1) is 5.92 Å². The Morgan fingerprint density at radius 1 is 1.11 bits per heavy atom. The summed E-state index contributed by atoms with van der Waals surface area (Å²) in [7, 11) is 0. The molecule has 0 bridgehead atoms. The van der Waals surface area contributed by atoms with Gasteiger partial charge in [-0.25, -0.2) is 0 Å². The van der Waals surface area contributed by atoms with Crippen molar-refractivity contribution in [3.8, 4) is 11.5 Å². The third-order valence-corrected chi connectivity index (χ3v) is 7.47. The molecule has 0 saturated carbocycles. The van der Waals surface area contributed by atoms with Crippen molar-refractivity contribution in [2.45, 2.75) is 45.6 Å². The van der Waals surface area contributed by atoms with Gasteiger partial charge in [-0.15, -0.1) is 0 Å². The summed E-state index contributed by atoms with van der Waals surface area (Å²) < 4.78 is 25.2. The fourth-order valence-electron chi connectivity index (χ4n) is 5.31. The topological polar surface area (TPSA) is 38.8 Å². The molecule has 1 fully saturated rings. The molecule has 1 aliphatic carbocycles. The molecule has 2 heterocycles. The Labute approximate surface area is 207 Å². The lowest BCUT2D eigenvalue weighted by Crippen LogP contribution is -2.49. The Morgan fingerprint density at radius 2 is 1.91 bits per heavy atom. The molecule has 4 nitrogen and oxygen atoms in total. The van der Waals surface area contributed by atoms with Gasteiger partial charge in [-0.1, -0.05) is 31.2 Å². The smallest absolute Gasteiger partial charge is 0.149 e. The predicted octanol–water partition coefficient (Wildman–Crippen LogP) is 6.12. The van der Waals surface area contributed by atoms with Gasteiger partial charge in [0.2, 0.25) is 0 Å². The molecule has 5 rings (SSSR count). The normalized spacial score (nSPS) is 20.7. The lowest BCUT2D eigenvalue weighted by molar-refractivity contribution is -0.118. The molecule has 5 heteroatoms. The van der Waals surface area contributed by atoms with Crippen LogP contribution in [0.3, 0.4) is 0 Å². The van der Waals surface area contributed by atoms with Gasteiger partial charge in [0.15, 0.2) is 0 Å². The maximum Gasteiger partial charge on any atom is 0.149 e. The fraction of sp³-hybridized carbons (Fsp3) is 0.433. The van der Waals surface area contributed by atoms with Crippen molar-refractivity contribution in [2.24, 2.45) is 5.92 Å². The number of fused-ring (bicyclic) bond motifs is 1. The number of carbonyl (C=O) groups excluding carboxylic acids is 1. The maximum atomic E-state index is 12.6. The maximum absolute atomic E-state index is 12.6. The van der Waals surface area contributed by atoms with Crippen LogP contribution in [0.2, 0.25) is 0 Å². The second kappa shape index (κ2) is 10.4. The van der Waals surface area contributed by atoms with Gasteiger partial charge in [0.1, 0.15) is 30.0 Å². The van der Waals surface area contributed by atoms with Crippen molar-refractivity contribution in [1.29, 1.82) is 0 Å². The summed E-state index contributed by atoms with van der Waals surface area (Å²) in [4.78, 5) is 14.1. The molecule has 0 spiro atoms. The number of alkyl halides is 1. The Kier molecular flexibility index (Phi) is 7.05. The van der Waals surface area contributed by atoms with Gasteiger partial charge in [-0.3, -0.25) is 14.1 Å². The fourth-order valence-corrected chi connectivity index (χ4v) is 5.31. The van der Waals surface area contributed by atoms with E-state index >= 15 is 0 Å². The van der Waals surface area contributed by atoms with E-state index in [-0.39, 0.29) is 18.7 Å². The number of hydrogen-bond acceptors (Lipinski definition) is 4. The Bertz CT molecular complexity index is 1140. The van der Waals surface area contributed by atoms with Crippen LogP contribution in [-0.4, -0.2) is 43.6 Å². The van der Waals surface area contributed by atoms with Gasteiger partial charge in [0.05, 0.1) is 6.67 Å². The number of allylic oxidation sites excluding steroid dienone is 2. The van der Waals surface area contributed by atoms with Crippen LogP contribution in [0.1, 0.15) is 55.9 Å². The van der Waals surface area contributed by atoms with E-state index in [1.54, 1.807) is 0 Å². The number of hydrogen-bond donors (Lipinski definition) is 0. The van der Waals surface area contributed by atoms with E-state index in [9.17, 15) is 9.18 Å². The predicted molar refractivity (Wildman–Crippen MR) is 137 cm³/mol. The van der Waals surface area contributed by atoms with E-state index in [0.717, 1.165) is 55.1 Å². The van der Waals surface area contributed by atoms with E-state index in [0.29, 0.717) is 25.2 Å². The molecule has 1 unspecified atom stereocenters. The number of carbonyl (C=O) groups is 1. The minimum atomic E-state index is -0.227. The minimum Gasteiger partial charge on any atom is -0.492 e. The first kappa shape index (κ1) is 23.8. The SMILES string of the molecule is CCc1ccc2c(c1)C(C)=C(C1=CCC(=O)CC1)C(c1ccc(OCCN3CC(CF)C3)cc1)O2. The highest BCUT2D eigenvalue weighted by Crippen LogP contribution is 2.46. The van der Waals surface area contributed by atoms with E-state index in [4.69, 9.17) is 9.47 Å². The highest BCUT2D eigenvalue weighted by Gasteiger charge is 2.31. The zero-order chi connectivity index (χ0) is 24.4. The van der Waals surface area contributed by atoms with Crippen molar-refractivity contribution < 1.29 is 18.7 Å². The summed E-state index contributed by atoms with van der Waals surface area (Å²) in [6.07, 6.45) is 4.70. The summed E-state index contributed by atoms with van der Waals surface area (Å²) in [5, 5.41) is 0. The molecule has 2 aliphatic heterocycles. The second-order valence-electron chi connectivity index (χ2n) is 9.89. The third kappa shape index (κ3) is 5.06. The van der Waals surface area contributed by atoms with Crippen LogP contribution in [0.25, 0.3) is 5.57 Å². The van der Waals surface area contributed by atoms with Crippen molar-refractivity contribution in [1.82, 2.24) is 4.90 Å². The molecule has 1 saturated heterocycles. The molecular weight excluding hydrogens is 441 g/mol. The number of likely N-dealkylation sites (tertiary alicyclic amines) is 1. The lowest BCUT2D eigenvalue weighted by atomic mass is 9.81. The molecule has 3 aliphatic rings. The first-order valence-corrected chi connectivity index (χ1v) is 12.8. The van der Waals surface area contributed by atoms with Gasteiger partial charge in [0, 0.05) is 49.5 Å². The van der Waals surface area contributed by atoms with Gasteiger partial charge in [0.25, 0.3) is 0 Å². The first-order valence-electron chi connectivity index (χ1n) is 12.8. The quantitative estimate of drug-likeness (QED) is 0.461. The van der Waals surface area contributed by atoms with Crippen LogP contribution < -0.4 is 9.47 Å². The van der Waals surface area contributed by atoms with Gasteiger partial charge >= 0.3 is 0 Å². The molecular formula is C30H34FNO3. The summed E-state index contributed by atoms with van der Waals surface area (Å²) in [6.45, 7) is 7.19. The number of nitrogens with zero attached hydrogens (tertiary/aromatic N) is 1. The second-order valence-corrected chi connectivity index (χ2v) is 9.89. The number of ether oxygens (including phenoxy) is 2. The molecule has 0 amide bonds. The van der Waals surface area contributed by atoms with Crippen LogP contribution in [0.5, 0.6) is 11.5 Å². The number of halogens is 1. The van der Waals surface area contributed by atoms with E-state index in [1.165, 1.54) is 22.3 Å². The molecule has 1 atom stereocenters. The van der Waals surface area contributed by atoms with Gasteiger partial charge in [-0.05, 0) is 66.3 Å². The van der Waals surface area contributed by atoms with Crippen LogP contribution >= 0.6 is 0 Å². The third-order valence-electron chi connectivity index (χ3n) is 7.47. The Morgan fingerprint density at radius 3 is 2.60 bits per heavy atom. The van der Waals surface area contributed by atoms with Gasteiger partial charge in [-0.2, -0.15) is 0 Å². The number of benzene rings is 2. The number of rotatable bonds is 8. The van der Waals surface area contributed by atoms with Gasteiger partial charge < -0.3 is 9.47 Å². The zero-order valence-electron chi connectivity index (χ0n) is 20.7. The molecule has 0 radical (unpaired) electrons. The van der Waals surface area contributed by atoms with Crippen LogP contribution in [0.4, 0.5) is 4.39 Å². The van der Waals surface area contributed by atoms with E-state index in [2.05, 4.69) is 55.2 Å². The average Bonchev–Trinajstić information content (AvgIpc) is 2.86. The summed E-state index contributed by atoms with van der Waals surface area (Å²) >= 11 is 0. The highest BCUT2D eigenvalue weighted by atomic mass is 19.1. The molecule has 184 valence electrons. The summed E-state index contributed by atoms with van der Waals surface area (Å²) in [6, 6.07) is 14.6. The lowest BCUT2D eigenvalue weighted by Gasteiger charge is -2.37. The monoisotopic (exact) mass is 475 g/mol. The standard InChI is InChI=1S/C30H34FNO3/c1-3-21-4-13-28-27(16-21)20(2)29(23-5-9-25(33)10-6-23)30(35-28)24-7-11-26(12-8-24)34-15-14-32-18-22(17-31)19-32/h4-5,7-8,11-13,16,22,30H,3,6,9-10,14-15,17-19H2,1-2H3. The first-order chi connectivity index (χ1) is 17.1. The summed E-state index contributed by atoms with van der Waals surface area (Å²) in [5.74, 6) is 2.23. The van der Waals surface area contributed by atoms with Crippen molar-refractivity contribution in [3.05, 3.63) is 76.4 Å². The van der Waals surface area contributed by atoms with Crippen LogP contribution in [-0.2, 0) is 11.2 Å². The van der Waals surface area contributed by atoms with Crippen molar-refractivity contribution in [2.75, 3.05) is 32.9 Å². The molecule has 2 aromatic carbocycles. The molecule has 0 aromatic heterocycles. The Balaban J connectivity index is 1.36. The number of aryl methyl sites for hydroxylation is 1. The zero-order valence-corrected chi connectivity index (χ0v) is 20.7. The van der Waals surface area contributed by atoms with Crippen molar-refractivity contribution >= 4 is 11.4 Å². The van der Waals surface area contributed by atoms with E-state index < -0.39 is 0 Å². The van der Waals surface area contributed by atoms with E-state index in [1.807, 2.05) is 12.1 Å². The molecule has 0 N–H and O–H groups in total. The number of Topliss-reactive ketones (excluding diaryl/α,β-unsaturated/α-hetero) is 1. The largest absolute Gasteiger partial charge is 0.492 e. The van der Waals surface area contributed by atoms with Crippen molar-refractivity contribution in [3.63, 3.8) is 0 Å². The summed E-state index contributed by atoms with van der Waals surface area (Å²) in [5.41, 5.74) is 7.15. The highest BCUT2D eigenvalue weighted by molar-refractivity contribution is 5.84. The average molecular weight is 476 g/mol.